The Balaban J connectivity index is 3.21. The number of halogens is 2. The molecule has 0 fully saturated rings. The van der Waals surface area contributed by atoms with Gasteiger partial charge in [0.2, 0.25) is 0 Å². The van der Waals surface area contributed by atoms with Gasteiger partial charge in [0.25, 0.3) is 0 Å². The van der Waals surface area contributed by atoms with E-state index in [2.05, 4.69) is 51.1 Å². The first kappa shape index (κ1) is 9.67. The van der Waals surface area contributed by atoms with E-state index in [0.717, 1.165) is 18.7 Å². The molecule has 0 N–H and O–H groups in total. The first-order valence-corrected chi connectivity index (χ1v) is 5.19. The van der Waals surface area contributed by atoms with Crippen LogP contribution in [0.2, 0.25) is 0 Å². The van der Waals surface area contributed by atoms with Crippen molar-refractivity contribution in [2.75, 3.05) is 7.11 Å². The molecule has 0 spiro atoms. The molecule has 0 amide bonds. The van der Waals surface area contributed by atoms with Crippen molar-refractivity contribution in [2.45, 2.75) is 4.90 Å². The molecule has 1 rings (SSSR count). The molecule has 0 radical (unpaired) electrons. The van der Waals surface area contributed by atoms with Crippen molar-refractivity contribution >= 4 is 51.1 Å². The lowest BCUT2D eigenvalue weighted by molar-refractivity contribution is 0.404. The van der Waals surface area contributed by atoms with Crippen LogP contribution >= 0.6 is 51.1 Å². The SMILES string of the molecule is COc1cc(I)c(Br)cc1S. The Bertz CT molecular complexity index is 277. The van der Waals surface area contributed by atoms with Gasteiger partial charge in [-0.3, -0.25) is 0 Å². The Morgan fingerprint density at radius 3 is 2.73 bits per heavy atom. The largest absolute Gasteiger partial charge is 0.496 e. The summed E-state index contributed by atoms with van der Waals surface area (Å²) in [5.74, 6) is 0.806. The van der Waals surface area contributed by atoms with Gasteiger partial charge in [-0.15, -0.1) is 12.6 Å². The maximum absolute atomic E-state index is 5.08. The molecule has 1 aromatic carbocycles. The van der Waals surface area contributed by atoms with Crippen LogP contribution < -0.4 is 4.74 Å². The summed E-state index contributed by atoms with van der Waals surface area (Å²) in [5.41, 5.74) is 0. The van der Waals surface area contributed by atoms with E-state index < -0.39 is 0 Å². The lowest BCUT2D eigenvalue weighted by Crippen LogP contribution is -1.86. The van der Waals surface area contributed by atoms with E-state index in [1.807, 2.05) is 12.1 Å². The zero-order valence-corrected chi connectivity index (χ0v) is 10.4. The first-order chi connectivity index (χ1) is 5.15. The molecular formula is C7H6BrIOS. The van der Waals surface area contributed by atoms with E-state index in [-0.39, 0.29) is 0 Å². The van der Waals surface area contributed by atoms with Gasteiger partial charge in [0, 0.05) is 12.9 Å². The Labute approximate surface area is 93.2 Å². The van der Waals surface area contributed by atoms with Gasteiger partial charge in [0.15, 0.2) is 0 Å². The zero-order chi connectivity index (χ0) is 8.43. The normalized spacial score (nSPS) is 9.82. The van der Waals surface area contributed by atoms with Gasteiger partial charge in [0.05, 0.1) is 7.11 Å². The molecule has 1 nitrogen and oxygen atoms in total. The molecule has 0 saturated carbocycles. The van der Waals surface area contributed by atoms with Gasteiger partial charge in [0.1, 0.15) is 5.75 Å². The fourth-order valence-corrected chi connectivity index (χ4v) is 1.93. The third kappa shape index (κ3) is 2.26. The lowest BCUT2D eigenvalue weighted by atomic mass is 10.3. The Hall–Kier alpha value is 0.580. The van der Waals surface area contributed by atoms with Crippen LogP contribution in [0, 0.1) is 3.57 Å². The second kappa shape index (κ2) is 4.00. The predicted octanol–water partition coefficient (Wildman–Crippen LogP) is 3.35. The van der Waals surface area contributed by atoms with Gasteiger partial charge in [-0.25, -0.2) is 0 Å². The highest BCUT2D eigenvalue weighted by Crippen LogP contribution is 2.30. The molecule has 0 atom stereocenters. The Kier molecular flexibility index (Phi) is 3.52. The van der Waals surface area contributed by atoms with Crippen LogP contribution in [0.5, 0.6) is 5.75 Å². The van der Waals surface area contributed by atoms with E-state index in [1.165, 1.54) is 0 Å². The Morgan fingerprint density at radius 2 is 2.18 bits per heavy atom. The van der Waals surface area contributed by atoms with Gasteiger partial charge in [-0.2, -0.15) is 0 Å². The fraction of sp³-hybridized carbons (Fsp3) is 0.143. The van der Waals surface area contributed by atoms with E-state index in [0.29, 0.717) is 0 Å². The highest BCUT2D eigenvalue weighted by Gasteiger charge is 2.02. The second-order valence-corrected chi connectivity index (χ2v) is 4.44. The number of hydrogen-bond acceptors (Lipinski definition) is 2. The molecule has 0 heterocycles. The van der Waals surface area contributed by atoms with E-state index in [1.54, 1.807) is 7.11 Å². The smallest absolute Gasteiger partial charge is 0.133 e. The van der Waals surface area contributed by atoms with Gasteiger partial charge < -0.3 is 4.74 Å². The molecule has 0 aliphatic carbocycles. The second-order valence-electron chi connectivity index (χ2n) is 1.94. The first-order valence-electron chi connectivity index (χ1n) is 2.87. The number of thiol groups is 1. The summed E-state index contributed by atoms with van der Waals surface area (Å²) in [6.45, 7) is 0. The van der Waals surface area contributed by atoms with E-state index in [4.69, 9.17) is 4.74 Å². The van der Waals surface area contributed by atoms with Crippen molar-refractivity contribution in [3.63, 3.8) is 0 Å². The molecule has 11 heavy (non-hydrogen) atoms. The predicted molar refractivity (Wildman–Crippen MR) is 60.7 cm³/mol. The van der Waals surface area contributed by atoms with Crippen LogP contribution in [-0.2, 0) is 0 Å². The lowest BCUT2D eigenvalue weighted by Gasteiger charge is -2.04. The number of methoxy groups -OCH3 is 1. The summed E-state index contributed by atoms with van der Waals surface area (Å²) in [5, 5.41) is 0. The molecule has 60 valence electrons. The highest BCUT2D eigenvalue weighted by atomic mass is 127. The minimum Gasteiger partial charge on any atom is -0.496 e. The summed E-state index contributed by atoms with van der Waals surface area (Å²) in [6, 6.07) is 3.86. The molecule has 0 aromatic heterocycles. The van der Waals surface area contributed by atoms with Crippen molar-refractivity contribution < 1.29 is 4.74 Å². The monoisotopic (exact) mass is 344 g/mol. The summed E-state index contributed by atoms with van der Waals surface area (Å²) < 4.78 is 7.25. The van der Waals surface area contributed by atoms with Gasteiger partial charge in [-0.05, 0) is 50.7 Å². The maximum atomic E-state index is 5.08. The zero-order valence-electron chi connectivity index (χ0n) is 5.77. The van der Waals surface area contributed by atoms with Crippen LogP contribution in [0.15, 0.2) is 21.5 Å². The van der Waals surface area contributed by atoms with Crippen molar-refractivity contribution in [3.05, 3.63) is 20.2 Å². The van der Waals surface area contributed by atoms with Crippen molar-refractivity contribution in [1.82, 2.24) is 0 Å². The molecule has 0 unspecified atom stereocenters. The van der Waals surface area contributed by atoms with E-state index >= 15 is 0 Å². The third-order valence-corrected chi connectivity index (χ3v) is 3.86. The van der Waals surface area contributed by atoms with Crippen LogP contribution in [0.3, 0.4) is 0 Å². The van der Waals surface area contributed by atoms with Crippen LogP contribution in [0.25, 0.3) is 0 Å². The van der Waals surface area contributed by atoms with Crippen molar-refractivity contribution in [2.24, 2.45) is 0 Å². The topological polar surface area (TPSA) is 9.23 Å². The summed E-state index contributed by atoms with van der Waals surface area (Å²) >= 11 is 9.86. The fourth-order valence-electron chi connectivity index (χ4n) is 0.682. The highest BCUT2D eigenvalue weighted by molar-refractivity contribution is 14.1. The van der Waals surface area contributed by atoms with Gasteiger partial charge >= 0.3 is 0 Å². The van der Waals surface area contributed by atoms with E-state index in [9.17, 15) is 0 Å². The molecule has 0 aliphatic heterocycles. The van der Waals surface area contributed by atoms with Crippen LogP contribution in [0.1, 0.15) is 0 Å². The molecule has 1 aromatic rings. The van der Waals surface area contributed by atoms with Crippen molar-refractivity contribution in [1.29, 1.82) is 0 Å². The van der Waals surface area contributed by atoms with Crippen molar-refractivity contribution in [3.8, 4) is 5.75 Å². The summed E-state index contributed by atoms with van der Waals surface area (Å²) in [4.78, 5) is 0.847. The standard InChI is InChI=1S/C7H6BrIOS/c1-10-6-3-5(9)4(8)2-7(6)11/h2-3,11H,1H3. The number of ether oxygens (including phenoxy) is 1. The van der Waals surface area contributed by atoms with Gasteiger partial charge in [-0.1, -0.05) is 0 Å². The minimum atomic E-state index is 0.806. The molecule has 0 aliphatic rings. The quantitative estimate of drug-likeness (QED) is 0.607. The number of rotatable bonds is 1. The molecule has 0 saturated heterocycles. The molecule has 4 heteroatoms. The Morgan fingerprint density at radius 1 is 1.55 bits per heavy atom. The van der Waals surface area contributed by atoms with Crippen LogP contribution in [-0.4, -0.2) is 7.11 Å². The average Bonchev–Trinajstić information content (AvgIpc) is 1.97. The summed E-state index contributed by atoms with van der Waals surface area (Å²) in [6.07, 6.45) is 0. The van der Waals surface area contributed by atoms with Crippen LogP contribution in [0.4, 0.5) is 0 Å². The maximum Gasteiger partial charge on any atom is 0.133 e. The number of hydrogen-bond donors (Lipinski definition) is 1. The summed E-state index contributed by atoms with van der Waals surface area (Å²) in [7, 11) is 1.64. The molecule has 0 bridgehead atoms. The average molecular weight is 345 g/mol. The number of benzene rings is 1. The molecular weight excluding hydrogens is 339 g/mol. The third-order valence-electron chi connectivity index (χ3n) is 1.22. The minimum absolute atomic E-state index is 0.806.